The van der Waals surface area contributed by atoms with Crippen LogP contribution in [0.1, 0.15) is 37.1 Å². The molecule has 1 unspecified atom stereocenters. The van der Waals surface area contributed by atoms with Gasteiger partial charge in [0, 0.05) is 13.1 Å². The second-order valence-corrected chi connectivity index (χ2v) is 8.18. The van der Waals surface area contributed by atoms with Crippen LogP contribution in [-0.2, 0) is 4.79 Å². The number of carbonyl (C=O) groups is 1. The van der Waals surface area contributed by atoms with Gasteiger partial charge in [-0.1, -0.05) is 29.5 Å². The lowest BCUT2D eigenvalue weighted by Crippen LogP contribution is -2.28. The van der Waals surface area contributed by atoms with Crippen LogP contribution in [0.3, 0.4) is 0 Å². The van der Waals surface area contributed by atoms with E-state index in [1.165, 1.54) is 17.3 Å². The molecule has 8 heteroatoms. The fourth-order valence-electron chi connectivity index (χ4n) is 3.42. The van der Waals surface area contributed by atoms with Crippen LogP contribution in [0.15, 0.2) is 52.2 Å². The summed E-state index contributed by atoms with van der Waals surface area (Å²) in [6, 6.07) is 11.8. The molecule has 1 amide bonds. The number of aryl methyl sites for hydroxylation is 1. The first-order chi connectivity index (χ1) is 14.1. The van der Waals surface area contributed by atoms with E-state index in [0.717, 1.165) is 48.5 Å². The average molecular weight is 412 g/mol. The molecule has 2 aromatic heterocycles. The summed E-state index contributed by atoms with van der Waals surface area (Å²) in [4.78, 5) is 14.7. The molecule has 0 bridgehead atoms. The lowest BCUT2D eigenvalue weighted by Gasteiger charge is -2.18. The monoisotopic (exact) mass is 411 g/mol. The van der Waals surface area contributed by atoms with Gasteiger partial charge in [-0.15, -0.1) is 10.2 Å². The molecule has 1 atom stereocenters. The zero-order valence-electron chi connectivity index (χ0n) is 16.7. The quantitative estimate of drug-likeness (QED) is 0.597. The fourth-order valence-corrected chi connectivity index (χ4v) is 4.18. The first kappa shape index (κ1) is 19.6. The van der Waals surface area contributed by atoms with Crippen molar-refractivity contribution < 1.29 is 9.21 Å². The second kappa shape index (κ2) is 8.73. The summed E-state index contributed by atoms with van der Waals surface area (Å²) in [6.07, 6.45) is 3.93. The maximum absolute atomic E-state index is 12.4. The molecule has 7 nitrogen and oxygen atoms in total. The molecule has 0 radical (unpaired) electrons. The van der Waals surface area contributed by atoms with Gasteiger partial charge in [0.05, 0.1) is 23.7 Å². The Kier molecular flexibility index (Phi) is 5.89. The minimum absolute atomic E-state index is 0.0694. The van der Waals surface area contributed by atoms with Crippen molar-refractivity contribution in [3.8, 4) is 5.69 Å². The molecule has 1 saturated heterocycles. The van der Waals surface area contributed by atoms with Crippen LogP contribution in [0, 0.1) is 6.92 Å². The highest BCUT2D eigenvalue weighted by molar-refractivity contribution is 7.99. The molecule has 3 aromatic rings. The second-order valence-electron chi connectivity index (χ2n) is 7.24. The molecule has 1 aliphatic heterocycles. The van der Waals surface area contributed by atoms with Crippen LogP contribution in [0.2, 0.25) is 0 Å². The lowest BCUT2D eigenvalue weighted by molar-refractivity contribution is -0.119. The highest BCUT2D eigenvalue weighted by Crippen LogP contribution is 2.28. The Labute approximate surface area is 174 Å². The summed E-state index contributed by atoms with van der Waals surface area (Å²) in [6.45, 7) is 5.94. The summed E-state index contributed by atoms with van der Waals surface area (Å²) < 4.78 is 7.41. The van der Waals surface area contributed by atoms with Gasteiger partial charge in [0.15, 0.2) is 5.16 Å². The highest BCUT2D eigenvalue weighted by Gasteiger charge is 2.23. The number of amides is 1. The Morgan fingerprint density at radius 3 is 2.66 bits per heavy atom. The molecular formula is C21H25N5O2S. The Morgan fingerprint density at radius 1 is 1.21 bits per heavy atom. The maximum atomic E-state index is 12.4. The van der Waals surface area contributed by atoms with Gasteiger partial charge in [-0.05, 0) is 51.0 Å². The summed E-state index contributed by atoms with van der Waals surface area (Å²) in [5.41, 5.74) is 2.21. The van der Waals surface area contributed by atoms with Gasteiger partial charge >= 0.3 is 0 Å². The minimum atomic E-state index is -0.173. The van der Waals surface area contributed by atoms with Crippen molar-refractivity contribution in [2.75, 3.05) is 23.7 Å². The summed E-state index contributed by atoms with van der Waals surface area (Å²) in [5.74, 6) is 1.77. The Hall–Kier alpha value is -2.74. The first-order valence-electron chi connectivity index (χ1n) is 9.85. The summed E-state index contributed by atoms with van der Waals surface area (Å²) in [5, 5.41) is 12.5. The van der Waals surface area contributed by atoms with Crippen molar-refractivity contribution in [2.45, 2.75) is 37.9 Å². The van der Waals surface area contributed by atoms with Crippen molar-refractivity contribution in [1.82, 2.24) is 20.1 Å². The number of aromatic nitrogens is 3. The van der Waals surface area contributed by atoms with Crippen LogP contribution < -0.4 is 10.2 Å². The number of hydrogen-bond acceptors (Lipinski definition) is 6. The minimum Gasteiger partial charge on any atom is -0.467 e. The SMILES string of the molecule is Cc1ccc(-n2c(SCC(=O)NC(C)c3ccco3)nnc2N2CCCC2)cc1. The third-order valence-electron chi connectivity index (χ3n) is 4.98. The third kappa shape index (κ3) is 4.48. The number of furan rings is 1. The smallest absolute Gasteiger partial charge is 0.232 e. The number of anilines is 1. The van der Waals surface area contributed by atoms with Crippen LogP contribution in [-0.4, -0.2) is 39.5 Å². The van der Waals surface area contributed by atoms with Gasteiger partial charge < -0.3 is 14.6 Å². The van der Waals surface area contributed by atoms with Crippen LogP contribution in [0.5, 0.6) is 0 Å². The maximum Gasteiger partial charge on any atom is 0.232 e. The van der Waals surface area contributed by atoms with Crippen molar-refractivity contribution >= 4 is 23.6 Å². The van der Waals surface area contributed by atoms with Crippen molar-refractivity contribution in [2.24, 2.45) is 0 Å². The predicted octanol–water partition coefficient (Wildman–Crippen LogP) is 3.74. The van der Waals surface area contributed by atoms with E-state index in [2.05, 4.69) is 56.2 Å². The molecule has 152 valence electrons. The molecule has 1 aliphatic rings. The molecule has 0 aliphatic carbocycles. The Balaban J connectivity index is 1.50. The van der Waals surface area contributed by atoms with E-state index in [1.54, 1.807) is 6.26 Å². The number of rotatable bonds is 7. The van der Waals surface area contributed by atoms with E-state index < -0.39 is 0 Å². The molecule has 29 heavy (non-hydrogen) atoms. The number of nitrogens with one attached hydrogen (secondary N) is 1. The van der Waals surface area contributed by atoms with Crippen LogP contribution in [0.25, 0.3) is 5.69 Å². The molecule has 3 heterocycles. The van der Waals surface area contributed by atoms with E-state index >= 15 is 0 Å². The van der Waals surface area contributed by atoms with E-state index in [-0.39, 0.29) is 17.7 Å². The standard InChI is InChI=1S/C21H25N5O2S/c1-15-7-9-17(10-8-15)26-20(25-11-3-4-12-25)23-24-21(26)29-14-19(27)22-16(2)18-6-5-13-28-18/h5-10,13,16H,3-4,11-12,14H2,1-2H3,(H,22,27). The van der Waals surface area contributed by atoms with Gasteiger partial charge in [-0.25, -0.2) is 0 Å². The van der Waals surface area contributed by atoms with E-state index in [4.69, 9.17) is 4.42 Å². The van der Waals surface area contributed by atoms with E-state index in [9.17, 15) is 4.79 Å². The first-order valence-corrected chi connectivity index (χ1v) is 10.8. The zero-order chi connectivity index (χ0) is 20.2. The van der Waals surface area contributed by atoms with Gasteiger partial charge in [-0.2, -0.15) is 0 Å². The zero-order valence-corrected chi connectivity index (χ0v) is 17.5. The average Bonchev–Trinajstić information content (AvgIpc) is 3.48. The van der Waals surface area contributed by atoms with Gasteiger partial charge in [0.25, 0.3) is 0 Å². The number of thioether (sulfide) groups is 1. The largest absolute Gasteiger partial charge is 0.467 e. The van der Waals surface area contributed by atoms with E-state index in [1.807, 2.05) is 19.1 Å². The number of hydrogen-bond donors (Lipinski definition) is 1. The van der Waals surface area contributed by atoms with Gasteiger partial charge in [0.2, 0.25) is 11.9 Å². The molecule has 1 N–H and O–H groups in total. The van der Waals surface area contributed by atoms with Crippen molar-refractivity contribution in [3.05, 3.63) is 54.0 Å². The Bertz CT molecular complexity index is 946. The Morgan fingerprint density at radius 2 is 1.97 bits per heavy atom. The highest BCUT2D eigenvalue weighted by atomic mass is 32.2. The summed E-state index contributed by atoms with van der Waals surface area (Å²) >= 11 is 1.39. The summed E-state index contributed by atoms with van der Waals surface area (Å²) in [7, 11) is 0. The number of nitrogens with zero attached hydrogens (tertiary/aromatic N) is 4. The van der Waals surface area contributed by atoms with Gasteiger partial charge in [0.1, 0.15) is 5.76 Å². The normalized spacial score (nSPS) is 14.9. The molecule has 1 aromatic carbocycles. The predicted molar refractivity (Wildman–Crippen MR) is 114 cm³/mol. The number of carbonyl (C=O) groups excluding carboxylic acids is 1. The molecule has 4 rings (SSSR count). The van der Waals surface area contributed by atoms with Crippen molar-refractivity contribution in [3.63, 3.8) is 0 Å². The fraction of sp³-hybridized carbons (Fsp3) is 0.381. The molecule has 1 fully saturated rings. The lowest BCUT2D eigenvalue weighted by atomic mass is 10.2. The number of benzene rings is 1. The molecule has 0 spiro atoms. The molecular weight excluding hydrogens is 386 g/mol. The van der Waals surface area contributed by atoms with Crippen LogP contribution in [0.4, 0.5) is 5.95 Å². The molecule has 0 saturated carbocycles. The third-order valence-corrected chi connectivity index (χ3v) is 5.91. The van der Waals surface area contributed by atoms with Gasteiger partial charge in [-0.3, -0.25) is 9.36 Å². The van der Waals surface area contributed by atoms with Crippen LogP contribution >= 0.6 is 11.8 Å². The van der Waals surface area contributed by atoms with Crippen molar-refractivity contribution in [1.29, 1.82) is 0 Å². The van der Waals surface area contributed by atoms with E-state index in [0.29, 0.717) is 0 Å². The topological polar surface area (TPSA) is 76.2 Å².